The molecule has 2 aromatic rings. The minimum absolute atomic E-state index is 0.0615. The van der Waals surface area contributed by atoms with Crippen molar-refractivity contribution in [2.75, 3.05) is 0 Å². The highest BCUT2D eigenvalue weighted by Gasteiger charge is 2.22. The molecule has 3 heteroatoms. The van der Waals surface area contributed by atoms with Gasteiger partial charge >= 0.3 is 0 Å². The smallest absolute Gasteiger partial charge is 0.127 e. The summed E-state index contributed by atoms with van der Waals surface area (Å²) in [6, 6.07) is 16.8. The summed E-state index contributed by atoms with van der Waals surface area (Å²) in [6.07, 6.45) is 0.818. The van der Waals surface area contributed by atoms with Crippen molar-refractivity contribution in [3.8, 4) is 0 Å². The van der Waals surface area contributed by atoms with Gasteiger partial charge in [0.05, 0.1) is 5.25 Å². The number of halogens is 1. The van der Waals surface area contributed by atoms with Crippen molar-refractivity contribution in [2.45, 2.75) is 29.5 Å². The molecule has 2 unspecified atom stereocenters. The molecule has 2 atom stereocenters. The molecule has 0 aliphatic rings. The highest BCUT2D eigenvalue weighted by molar-refractivity contribution is 7.99. The van der Waals surface area contributed by atoms with Crippen LogP contribution < -0.4 is 5.73 Å². The van der Waals surface area contributed by atoms with Crippen LogP contribution in [-0.4, -0.2) is 6.04 Å². The topological polar surface area (TPSA) is 26.0 Å². The van der Waals surface area contributed by atoms with Crippen molar-refractivity contribution in [1.29, 1.82) is 0 Å². The fourth-order valence-electron chi connectivity index (χ4n) is 1.95. The van der Waals surface area contributed by atoms with E-state index in [2.05, 4.69) is 0 Å². The zero-order valence-electron chi connectivity index (χ0n) is 10.9. The van der Waals surface area contributed by atoms with E-state index in [4.69, 9.17) is 5.73 Å². The average Bonchev–Trinajstić information content (AvgIpc) is 2.46. The average molecular weight is 275 g/mol. The molecule has 100 valence electrons. The van der Waals surface area contributed by atoms with E-state index in [0.29, 0.717) is 5.56 Å². The van der Waals surface area contributed by atoms with Crippen LogP contribution in [0.2, 0.25) is 0 Å². The molecule has 2 N–H and O–H groups in total. The monoisotopic (exact) mass is 275 g/mol. The van der Waals surface area contributed by atoms with E-state index >= 15 is 0 Å². The molecule has 0 radical (unpaired) electrons. The summed E-state index contributed by atoms with van der Waals surface area (Å²) in [5, 5.41) is -0.0615. The second-order valence-corrected chi connectivity index (χ2v) is 5.66. The van der Waals surface area contributed by atoms with Gasteiger partial charge in [0, 0.05) is 16.5 Å². The minimum Gasteiger partial charge on any atom is -0.326 e. The van der Waals surface area contributed by atoms with Crippen LogP contribution in [0.15, 0.2) is 59.5 Å². The Morgan fingerprint density at radius 2 is 1.68 bits per heavy atom. The molecular weight excluding hydrogens is 257 g/mol. The number of rotatable bonds is 5. The third-order valence-corrected chi connectivity index (χ3v) is 4.48. The summed E-state index contributed by atoms with van der Waals surface area (Å²) in [5.41, 5.74) is 6.86. The lowest BCUT2D eigenvalue weighted by Crippen LogP contribution is -2.26. The predicted octanol–water partition coefficient (Wildman–Crippen LogP) is 4.40. The van der Waals surface area contributed by atoms with Crippen LogP contribution in [0, 0.1) is 5.82 Å². The summed E-state index contributed by atoms with van der Waals surface area (Å²) in [4.78, 5) is 1.11. The quantitative estimate of drug-likeness (QED) is 0.819. The summed E-state index contributed by atoms with van der Waals surface area (Å²) >= 11 is 1.62. The molecule has 0 heterocycles. The summed E-state index contributed by atoms with van der Waals surface area (Å²) < 4.78 is 14.0. The van der Waals surface area contributed by atoms with Crippen molar-refractivity contribution < 1.29 is 4.39 Å². The number of benzene rings is 2. The van der Waals surface area contributed by atoms with Crippen LogP contribution in [0.4, 0.5) is 4.39 Å². The largest absolute Gasteiger partial charge is 0.326 e. The Morgan fingerprint density at radius 1 is 1.05 bits per heavy atom. The van der Waals surface area contributed by atoms with E-state index in [1.807, 2.05) is 49.4 Å². The molecule has 0 saturated carbocycles. The maximum Gasteiger partial charge on any atom is 0.127 e. The molecule has 2 rings (SSSR count). The van der Waals surface area contributed by atoms with Crippen LogP contribution in [0.5, 0.6) is 0 Å². The van der Waals surface area contributed by atoms with E-state index in [1.54, 1.807) is 17.8 Å². The fourth-order valence-corrected chi connectivity index (χ4v) is 3.24. The Bertz CT molecular complexity index is 515. The second kappa shape index (κ2) is 6.73. The number of hydrogen-bond donors (Lipinski definition) is 1. The van der Waals surface area contributed by atoms with Gasteiger partial charge in [0.25, 0.3) is 0 Å². The Hall–Kier alpha value is -1.32. The lowest BCUT2D eigenvalue weighted by molar-refractivity contribution is 0.572. The van der Waals surface area contributed by atoms with Crippen LogP contribution in [-0.2, 0) is 0 Å². The second-order valence-electron chi connectivity index (χ2n) is 4.45. The maximum absolute atomic E-state index is 14.0. The first kappa shape index (κ1) is 14.1. The molecular formula is C16H18FNS. The Labute approximate surface area is 118 Å². The summed E-state index contributed by atoms with van der Waals surface area (Å²) in [6.45, 7) is 2.03. The molecule has 0 bridgehead atoms. The molecule has 0 aliphatic heterocycles. The minimum atomic E-state index is -0.181. The molecule has 0 saturated heterocycles. The first-order valence-corrected chi connectivity index (χ1v) is 7.32. The molecule has 0 aromatic heterocycles. The third kappa shape index (κ3) is 3.58. The Balaban J connectivity index is 2.29. The summed E-state index contributed by atoms with van der Waals surface area (Å²) in [7, 11) is 0. The van der Waals surface area contributed by atoms with Crippen LogP contribution in [0.3, 0.4) is 0 Å². The van der Waals surface area contributed by atoms with Gasteiger partial charge in [-0.15, -0.1) is 11.8 Å². The van der Waals surface area contributed by atoms with Crippen molar-refractivity contribution in [3.05, 3.63) is 66.0 Å². The maximum atomic E-state index is 14.0. The van der Waals surface area contributed by atoms with Gasteiger partial charge < -0.3 is 5.73 Å². The lowest BCUT2D eigenvalue weighted by Gasteiger charge is -2.23. The Morgan fingerprint density at radius 3 is 2.32 bits per heavy atom. The Kier molecular flexibility index (Phi) is 5.00. The van der Waals surface area contributed by atoms with Crippen molar-refractivity contribution in [2.24, 2.45) is 5.73 Å². The van der Waals surface area contributed by atoms with Gasteiger partial charge in [-0.1, -0.05) is 43.3 Å². The molecule has 0 amide bonds. The van der Waals surface area contributed by atoms with E-state index in [1.165, 1.54) is 6.07 Å². The summed E-state index contributed by atoms with van der Waals surface area (Å²) in [5.74, 6) is -0.181. The van der Waals surface area contributed by atoms with E-state index in [0.717, 1.165) is 11.3 Å². The number of nitrogens with two attached hydrogens (primary N) is 1. The standard InChI is InChI=1S/C16H18FNS/c1-2-15(18)16(13-10-6-7-11-14(13)17)19-12-8-4-3-5-9-12/h3-11,15-16H,2,18H2,1H3. The molecule has 2 aromatic carbocycles. The first-order valence-electron chi connectivity index (χ1n) is 6.44. The zero-order chi connectivity index (χ0) is 13.7. The van der Waals surface area contributed by atoms with E-state index in [9.17, 15) is 4.39 Å². The first-order chi connectivity index (χ1) is 9.22. The van der Waals surface area contributed by atoms with Crippen molar-refractivity contribution in [3.63, 3.8) is 0 Å². The van der Waals surface area contributed by atoms with Gasteiger partial charge in [-0.3, -0.25) is 0 Å². The predicted molar refractivity (Wildman–Crippen MR) is 79.7 cm³/mol. The van der Waals surface area contributed by atoms with Gasteiger partial charge in [0.1, 0.15) is 5.82 Å². The van der Waals surface area contributed by atoms with Gasteiger partial charge in [0.2, 0.25) is 0 Å². The van der Waals surface area contributed by atoms with Gasteiger partial charge in [-0.2, -0.15) is 0 Å². The highest BCUT2D eigenvalue weighted by atomic mass is 32.2. The fraction of sp³-hybridized carbons (Fsp3) is 0.250. The molecule has 0 fully saturated rings. The van der Waals surface area contributed by atoms with Crippen LogP contribution >= 0.6 is 11.8 Å². The SMILES string of the molecule is CCC(N)C(Sc1ccccc1)c1ccccc1F. The molecule has 0 aliphatic carbocycles. The molecule has 1 nitrogen and oxygen atoms in total. The van der Waals surface area contributed by atoms with E-state index < -0.39 is 0 Å². The van der Waals surface area contributed by atoms with Gasteiger partial charge in [0.15, 0.2) is 0 Å². The molecule has 19 heavy (non-hydrogen) atoms. The molecule has 0 spiro atoms. The number of hydrogen-bond acceptors (Lipinski definition) is 2. The van der Waals surface area contributed by atoms with Gasteiger partial charge in [-0.05, 0) is 24.6 Å². The normalized spacial score (nSPS) is 14.1. The van der Waals surface area contributed by atoms with Crippen molar-refractivity contribution >= 4 is 11.8 Å². The lowest BCUT2D eigenvalue weighted by atomic mass is 10.0. The van der Waals surface area contributed by atoms with Crippen molar-refractivity contribution in [1.82, 2.24) is 0 Å². The number of thioether (sulfide) groups is 1. The van der Waals surface area contributed by atoms with Gasteiger partial charge in [-0.25, -0.2) is 4.39 Å². The van der Waals surface area contributed by atoms with Crippen LogP contribution in [0.1, 0.15) is 24.2 Å². The van der Waals surface area contributed by atoms with E-state index in [-0.39, 0.29) is 17.1 Å². The highest BCUT2D eigenvalue weighted by Crippen LogP contribution is 2.38. The third-order valence-electron chi connectivity index (χ3n) is 3.08. The van der Waals surface area contributed by atoms with Crippen LogP contribution in [0.25, 0.3) is 0 Å². The zero-order valence-corrected chi connectivity index (χ0v) is 11.7.